The van der Waals surface area contributed by atoms with Crippen molar-refractivity contribution < 1.29 is 29.2 Å². The standard InChI is InChI=1S/C54H42O4.C20H26O2.C2H6/c55-41-27-19-37(20-28-41)53(49-15-5-1-11-45(49)46-12-2-6-16-50(46)53)39-23-31-43(32-24-39)57-35-9-10-36-58-44-33-25-40(26-34-44)54(38-21-29-42(56)30-22-38)51-17-7-3-13-47(51)48-14-4-8-18-52(48)54;1-3-17-7-11-19(12-8-17)21-15-5-6-16-22-20-13-9-18(4-2)10-14-20;1-2/h1-8,11-34,55-56H,9-10,35-36H2;7-14H,3-6,15-16H2,1-2H3;1-2H3. The molecule has 0 fully saturated rings. The van der Waals surface area contributed by atoms with Gasteiger partial charge in [0.1, 0.15) is 34.5 Å². The highest BCUT2D eigenvalue weighted by atomic mass is 16.5. The zero-order valence-electron chi connectivity index (χ0n) is 47.7. The third-order valence-corrected chi connectivity index (χ3v) is 15.9. The Labute approximate surface area is 485 Å². The normalized spacial score (nSPS) is 12.7. The molecule has 0 amide bonds. The van der Waals surface area contributed by atoms with Gasteiger partial charge in [-0.2, -0.15) is 0 Å². The van der Waals surface area contributed by atoms with Gasteiger partial charge in [0.2, 0.25) is 0 Å². The number of phenols is 2. The van der Waals surface area contributed by atoms with Crippen LogP contribution in [0.5, 0.6) is 34.5 Å². The van der Waals surface area contributed by atoms with Crippen LogP contribution in [0.4, 0.5) is 0 Å². The maximum atomic E-state index is 10.2. The number of aryl methyl sites for hydroxylation is 2. The van der Waals surface area contributed by atoms with Gasteiger partial charge in [-0.1, -0.05) is 198 Å². The van der Waals surface area contributed by atoms with Crippen molar-refractivity contribution >= 4 is 0 Å². The predicted octanol–water partition coefficient (Wildman–Crippen LogP) is 18.1. The molecule has 414 valence electrons. The Hall–Kier alpha value is -9.00. The van der Waals surface area contributed by atoms with Gasteiger partial charge in [-0.25, -0.2) is 0 Å². The lowest BCUT2D eigenvalue weighted by atomic mass is 9.68. The zero-order chi connectivity index (χ0) is 56.7. The third-order valence-electron chi connectivity index (χ3n) is 15.9. The maximum absolute atomic E-state index is 10.2. The quantitative estimate of drug-likeness (QED) is 0.0741. The van der Waals surface area contributed by atoms with E-state index in [9.17, 15) is 10.2 Å². The minimum atomic E-state index is -0.521. The Kier molecular flexibility index (Phi) is 18.2. The van der Waals surface area contributed by atoms with Gasteiger partial charge in [-0.05, 0) is 189 Å². The molecule has 0 heterocycles. The second kappa shape index (κ2) is 26.5. The number of fused-ring (bicyclic) bond motifs is 6. The Morgan fingerprint density at radius 2 is 0.500 bits per heavy atom. The highest BCUT2D eigenvalue weighted by Crippen LogP contribution is 2.58. The highest BCUT2D eigenvalue weighted by Gasteiger charge is 2.47. The lowest BCUT2D eigenvalue weighted by Crippen LogP contribution is -2.28. The van der Waals surface area contributed by atoms with Gasteiger partial charge < -0.3 is 29.2 Å². The molecule has 0 radical (unpaired) electrons. The van der Waals surface area contributed by atoms with Crippen molar-refractivity contribution in [3.8, 4) is 56.8 Å². The molecule has 2 aliphatic rings. The van der Waals surface area contributed by atoms with Gasteiger partial charge in [-0.3, -0.25) is 0 Å². The van der Waals surface area contributed by atoms with Crippen LogP contribution in [0, 0.1) is 0 Å². The number of phenolic OH excluding ortho intramolecular Hbond substituents is 2. The van der Waals surface area contributed by atoms with Gasteiger partial charge in [0.05, 0.1) is 37.3 Å². The van der Waals surface area contributed by atoms with Crippen molar-refractivity contribution in [2.24, 2.45) is 0 Å². The summed E-state index contributed by atoms with van der Waals surface area (Å²) in [6.45, 7) is 11.0. The number of unbranched alkanes of at least 4 members (excludes halogenated alkanes) is 2. The average Bonchev–Trinajstić information content (AvgIpc) is 4.15. The van der Waals surface area contributed by atoms with E-state index in [1.165, 1.54) is 55.6 Å². The van der Waals surface area contributed by atoms with E-state index in [-0.39, 0.29) is 11.5 Å². The maximum Gasteiger partial charge on any atom is 0.119 e. The fraction of sp³-hybridized carbons (Fsp3) is 0.211. The Morgan fingerprint density at radius 1 is 0.280 bits per heavy atom. The molecule has 0 aromatic heterocycles. The largest absolute Gasteiger partial charge is 0.508 e. The van der Waals surface area contributed by atoms with E-state index in [1.807, 2.05) is 62.4 Å². The summed E-state index contributed by atoms with van der Waals surface area (Å²) < 4.78 is 24.0. The van der Waals surface area contributed by atoms with E-state index in [0.717, 1.165) is 97.0 Å². The second-order valence-corrected chi connectivity index (χ2v) is 20.6. The summed E-state index contributed by atoms with van der Waals surface area (Å²) in [5, 5.41) is 20.4. The number of rotatable bonds is 20. The van der Waals surface area contributed by atoms with E-state index < -0.39 is 10.8 Å². The molecular weight excluding hydrogens is 1010 g/mol. The highest BCUT2D eigenvalue weighted by molar-refractivity contribution is 5.87. The van der Waals surface area contributed by atoms with Crippen LogP contribution in [0.15, 0.2) is 243 Å². The number of aromatic hydroxyl groups is 2. The van der Waals surface area contributed by atoms with Crippen LogP contribution in [0.2, 0.25) is 0 Å². The van der Waals surface area contributed by atoms with Crippen molar-refractivity contribution in [1.29, 1.82) is 0 Å². The van der Waals surface area contributed by atoms with E-state index in [4.69, 9.17) is 18.9 Å². The van der Waals surface area contributed by atoms with E-state index in [2.05, 4.69) is 184 Å². The van der Waals surface area contributed by atoms with Gasteiger partial charge in [0.15, 0.2) is 0 Å². The summed E-state index contributed by atoms with van der Waals surface area (Å²) in [5.41, 5.74) is 16.0. The lowest BCUT2D eigenvalue weighted by molar-refractivity contribution is 0.266. The molecule has 82 heavy (non-hydrogen) atoms. The van der Waals surface area contributed by atoms with E-state index in [0.29, 0.717) is 13.2 Å². The van der Waals surface area contributed by atoms with Crippen molar-refractivity contribution in [3.63, 3.8) is 0 Å². The minimum absolute atomic E-state index is 0.253. The molecule has 0 saturated heterocycles. The lowest BCUT2D eigenvalue weighted by Gasteiger charge is -2.34. The topological polar surface area (TPSA) is 77.4 Å². The van der Waals surface area contributed by atoms with Crippen molar-refractivity contribution in [2.45, 2.75) is 77.0 Å². The molecule has 12 rings (SSSR count). The minimum Gasteiger partial charge on any atom is -0.508 e. The molecule has 0 bridgehead atoms. The number of ether oxygens (including phenoxy) is 4. The molecule has 0 unspecified atom stereocenters. The van der Waals surface area contributed by atoms with Crippen molar-refractivity contribution in [3.05, 3.63) is 298 Å². The number of hydrogen-bond acceptors (Lipinski definition) is 6. The van der Waals surface area contributed by atoms with Gasteiger partial charge >= 0.3 is 0 Å². The molecule has 0 saturated carbocycles. The molecule has 2 N–H and O–H groups in total. The van der Waals surface area contributed by atoms with Gasteiger partial charge in [-0.15, -0.1) is 0 Å². The fourth-order valence-corrected chi connectivity index (χ4v) is 11.9. The van der Waals surface area contributed by atoms with Crippen LogP contribution in [0.1, 0.15) is 109 Å². The summed E-state index contributed by atoms with van der Waals surface area (Å²) in [6.07, 6.45) is 5.85. The van der Waals surface area contributed by atoms with Crippen LogP contribution in [-0.4, -0.2) is 36.6 Å². The van der Waals surface area contributed by atoms with Crippen LogP contribution >= 0.6 is 0 Å². The molecule has 0 aliphatic heterocycles. The van der Waals surface area contributed by atoms with E-state index >= 15 is 0 Å². The monoisotopic (exact) mass is 1080 g/mol. The first-order valence-corrected chi connectivity index (χ1v) is 29.3. The molecule has 2 aliphatic carbocycles. The number of hydrogen-bond donors (Lipinski definition) is 2. The summed E-state index contributed by atoms with van der Waals surface area (Å²) in [5.74, 6) is 4.07. The van der Waals surface area contributed by atoms with Crippen molar-refractivity contribution in [2.75, 3.05) is 26.4 Å². The summed E-state index contributed by atoms with van der Waals surface area (Å²) >= 11 is 0. The predicted molar refractivity (Wildman–Crippen MR) is 334 cm³/mol. The van der Waals surface area contributed by atoms with Crippen LogP contribution in [-0.2, 0) is 23.7 Å². The SMILES string of the molecule is CC.CCc1ccc(OCCCCOc2ccc(CC)cc2)cc1.Oc1ccc(C2(c3ccc(OCCCCOc4ccc(C5(c6ccc(O)cc6)c6ccccc6-c6ccccc65)cc4)cc3)c3ccccc3-c3ccccc32)cc1. The Balaban J connectivity index is 0.000000264. The Bertz CT molecular complexity index is 3290. The van der Waals surface area contributed by atoms with Crippen LogP contribution in [0.3, 0.4) is 0 Å². The second-order valence-electron chi connectivity index (χ2n) is 20.6. The summed E-state index contributed by atoms with van der Waals surface area (Å²) in [7, 11) is 0. The van der Waals surface area contributed by atoms with Crippen LogP contribution in [0.25, 0.3) is 22.3 Å². The molecular formula is C76H74O6. The fourth-order valence-electron chi connectivity index (χ4n) is 11.9. The molecule has 0 spiro atoms. The molecule has 0 atom stereocenters. The molecule has 6 nitrogen and oxygen atoms in total. The van der Waals surface area contributed by atoms with Crippen LogP contribution < -0.4 is 18.9 Å². The first-order chi connectivity index (χ1) is 40.4. The smallest absolute Gasteiger partial charge is 0.119 e. The summed E-state index contributed by atoms with van der Waals surface area (Å²) in [6, 6.07) is 83.6. The van der Waals surface area contributed by atoms with E-state index in [1.54, 1.807) is 24.3 Å². The average molecular weight is 1080 g/mol. The third kappa shape index (κ3) is 11.6. The molecule has 10 aromatic carbocycles. The molecule has 6 heteroatoms. The number of benzene rings is 10. The summed E-state index contributed by atoms with van der Waals surface area (Å²) in [4.78, 5) is 0. The first kappa shape index (κ1) is 56.3. The first-order valence-electron chi connectivity index (χ1n) is 29.3. The van der Waals surface area contributed by atoms with Gasteiger partial charge in [0, 0.05) is 0 Å². The molecule has 10 aromatic rings. The zero-order valence-corrected chi connectivity index (χ0v) is 47.7. The van der Waals surface area contributed by atoms with Gasteiger partial charge in [0.25, 0.3) is 0 Å². The van der Waals surface area contributed by atoms with Crippen molar-refractivity contribution in [1.82, 2.24) is 0 Å². The Morgan fingerprint density at radius 3 is 0.744 bits per heavy atom.